The Morgan fingerprint density at radius 2 is 1.45 bits per heavy atom. The Kier molecular flexibility index (Phi) is 9.09. The van der Waals surface area contributed by atoms with Crippen molar-refractivity contribution in [1.82, 2.24) is 16.0 Å². The van der Waals surface area contributed by atoms with E-state index in [0.717, 1.165) is 0 Å². The summed E-state index contributed by atoms with van der Waals surface area (Å²) in [5.74, 6) is -5.86. The van der Waals surface area contributed by atoms with E-state index in [1.807, 2.05) is 5.32 Å². The van der Waals surface area contributed by atoms with Crippen LogP contribution in [-0.4, -0.2) is 75.5 Å². The fraction of sp³-hybridized carbons (Fsp3) is 0.333. The summed E-state index contributed by atoms with van der Waals surface area (Å²) in [7, 11) is 0. The molecule has 3 amide bonds. The van der Waals surface area contributed by atoms with Gasteiger partial charge in [-0.15, -0.1) is 0 Å². The maximum atomic E-state index is 12.3. The van der Waals surface area contributed by atoms with E-state index in [4.69, 9.17) is 26.5 Å². The molecule has 0 aromatic heterocycles. The van der Waals surface area contributed by atoms with Gasteiger partial charge in [0.15, 0.2) is 0 Å². The maximum absolute atomic E-state index is 12.3. The molecule has 0 aliphatic carbocycles. The molecule has 1 aromatic rings. The van der Waals surface area contributed by atoms with Gasteiger partial charge in [0.05, 0.1) is 13.0 Å². The maximum Gasteiger partial charge on any atom is 0.328 e. The summed E-state index contributed by atoms with van der Waals surface area (Å²) in [4.78, 5) is 58.7. The van der Waals surface area contributed by atoms with E-state index in [0.29, 0.717) is 5.56 Å². The van der Waals surface area contributed by atoms with Crippen molar-refractivity contribution in [2.24, 2.45) is 5.73 Å². The summed E-state index contributed by atoms with van der Waals surface area (Å²) in [6.07, 6.45) is -0.859. The van der Waals surface area contributed by atoms with Crippen LogP contribution in [0.4, 0.5) is 0 Å². The highest BCUT2D eigenvalue weighted by atomic mass is 16.4. The summed E-state index contributed by atoms with van der Waals surface area (Å²) in [5, 5.41) is 40.5. The molecular weight excluding hydrogens is 414 g/mol. The SMILES string of the molecule is C[C@H](NC(=O)c1ccc(C(=N)N)cc1)C(=O)N[C@@H](CC(=O)O)C(=O)N[C@@H](CO)C(=O)O. The number of aliphatic hydroxyl groups is 1. The Morgan fingerprint density at radius 1 is 0.935 bits per heavy atom. The van der Waals surface area contributed by atoms with Gasteiger partial charge < -0.3 is 37.0 Å². The van der Waals surface area contributed by atoms with Crippen LogP contribution in [0.25, 0.3) is 0 Å². The highest BCUT2D eigenvalue weighted by Crippen LogP contribution is 2.05. The van der Waals surface area contributed by atoms with Gasteiger partial charge in [0.2, 0.25) is 11.8 Å². The largest absolute Gasteiger partial charge is 0.481 e. The zero-order chi connectivity index (χ0) is 23.7. The van der Waals surface area contributed by atoms with Crippen molar-refractivity contribution in [3.05, 3.63) is 35.4 Å². The van der Waals surface area contributed by atoms with Crippen molar-refractivity contribution in [3.63, 3.8) is 0 Å². The molecule has 0 aliphatic rings. The number of carbonyl (C=O) groups excluding carboxylic acids is 3. The number of hydrogen-bond acceptors (Lipinski definition) is 7. The normalized spacial score (nSPS) is 13.2. The molecule has 0 saturated heterocycles. The van der Waals surface area contributed by atoms with Gasteiger partial charge in [-0.05, 0) is 19.1 Å². The third-order valence-corrected chi connectivity index (χ3v) is 4.01. The number of carbonyl (C=O) groups is 5. The van der Waals surface area contributed by atoms with E-state index >= 15 is 0 Å². The molecule has 9 N–H and O–H groups in total. The Morgan fingerprint density at radius 3 is 1.90 bits per heavy atom. The van der Waals surface area contributed by atoms with Crippen molar-refractivity contribution in [3.8, 4) is 0 Å². The van der Waals surface area contributed by atoms with E-state index in [-0.39, 0.29) is 11.4 Å². The number of carboxylic acids is 2. The van der Waals surface area contributed by atoms with Gasteiger partial charge in [-0.25, -0.2) is 4.79 Å². The van der Waals surface area contributed by atoms with Gasteiger partial charge in [0.1, 0.15) is 24.0 Å². The lowest BCUT2D eigenvalue weighted by Gasteiger charge is -2.21. The van der Waals surface area contributed by atoms with Crippen LogP contribution in [0, 0.1) is 5.41 Å². The predicted molar refractivity (Wildman–Crippen MR) is 105 cm³/mol. The molecule has 0 radical (unpaired) electrons. The first kappa shape index (κ1) is 25.0. The first-order chi connectivity index (χ1) is 14.5. The lowest BCUT2D eigenvalue weighted by molar-refractivity contribution is -0.144. The van der Waals surface area contributed by atoms with E-state index in [1.165, 1.54) is 31.2 Å². The predicted octanol–water partition coefficient (Wildman–Crippen LogP) is -2.39. The second kappa shape index (κ2) is 11.3. The fourth-order valence-corrected chi connectivity index (χ4v) is 2.29. The number of amides is 3. The number of carboxylic acid groups (broad SMARTS) is 2. The van der Waals surface area contributed by atoms with E-state index in [1.54, 1.807) is 0 Å². The van der Waals surface area contributed by atoms with Crippen LogP contribution in [0.2, 0.25) is 0 Å². The molecule has 0 saturated carbocycles. The van der Waals surface area contributed by atoms with Gasteiger partial charge in [-0.3, -0.25) is 24.6 Å². The van der Waals surface area contributed by atoms with Crippen LogP contribution < -0.4 is 21.7 Å². The Bertz CT molecular complexity index is 870. The molecule has 0 bridgehead atoms. The van der Waals surface area contributed by atoms with Crippen LogP contribution in [0.1, 0.15) is 29.3 Å². The lowest BCUT2D eigenvalue weighted by atomic mass is 10.1. The molecular formula is C18H23N5O8. The monoisotopic (exact) mass is 437 g/mol. The number of benzene rings is 1. The number of amidine groups is 1. The van der Waals surface area contributed by atoms with Crippen LogP contribution in [-0.2, 0) is 19.2 Å². The molecule has 168 valence electrons. The van der Waals surface area contributed by atoms with Gasteiger partial charge >= 0.3 is 11.9 Å². The zero-order valence-corrected chi connectivity index (χ0v) is 16.4. The average molecular weight is 437 g/mol. The minimum absolute atomic E-state index is 0.164. The molecule has 31 heavy (non-hydrogen) atoms. The molecule has 0 unspecified atom stereocenters. The summed E-state index contributed by atoms with van der Waals surface area (Å²) >= 11 is 0. The minimum Gasteiger partial charge on any atom is -0.481 e. The van der Waals surface area contributed by atoms with Crippen molar-refractivity contribution in [2.45, 2.75) is 31.5 Å². The number of nitrogens with two attached hydrogens (primary N) is 1. The highest BCUT2D eigenvalue weighted by molar-refractivity contribution is 6.00. The van der Waals surface area contributed by atoms with Crippen LogP contribution >= 0.6 is 0 Å². The Labute approximate surface area is 176 Å². The molecule has 0 aliphatic heterocycles. The lowest BCUT2D eigenvalue weighted by Crippen LogP contribution is -2.56. The van der Waals surface area contributed by atoms with Gasteiger partial charge in [0, 0.05) is 11.1 Å². The quantitative estimate of drug-likeness (QED) is 0.136. The summed E-state index contributed by atoms with van der Waals surface area (Å²) in [6, 6.07) is 1.14. The Hall–Kier alpha value is -4.00. The molecule has 3 atom stereocenters. The van der Waals surface area contributed by atoms with Crippen molar-refractivity contribution < 1.29 is 39.3 Å². The third kappa shape index (κ3) is 7.74. The first-order valence-corrected chi connectivity index (χ1v) is 8.87. The molecule has 0 spiro atoms. The standard InChI is InChI=1S/C18H23N5O8/c1-8(21-16(28)10-4-2-9(3-5-10)14(19)20)15(27)22-11(6-13(25)26)17(29)23-12(7-24)18(30)31/h2-5,8,11-12,24H,6-7H2,1H3,(H3,19,20)(H,21,28)(H,22,27)(H,23,29)(H,25,26)(H,30,31)/t8-,11-,12-/m0/s1. The molecule has 0 fully saturated rings. The molecule has 0 heterocycles. The molecule has 13 heteroatoms. The van der Waals surface area contributed by atoms with Crippen molar-refractivity contribution in [2.75, 3.05) is 6.61 Å². The summed E-state index contributed by atoms with van der Waals surface area (Å²) in [6.45, 7) is 0.352. The van der Waals surface area contributed by atoms with Crippen molar-refractivity contribution in [1.29, 1.82) is 5.41 Å². The topological polar surface area (TPSA) is 232 Å². The zero-order valence-electron chi connectivity index (χ0n) is 16.4. The molecule has 1 rings (SSSR count). The van der Waals surface area contributed by atoms with Crippen LogP contribution in [0.5, 0.6) is 0 Å². The van der Waals surface area contributed by atoms with Gasteiger partial charge in [-0.2, -0.15) is 0 Å². The second-order valence-corrected chi connectivity index (χ2v) is 6.43. The molecule has 13 nitrogen and oxygen atoms in total. The number of hydrogen-bond donors (Lipinski definition) is 8. The van der Waals surface area contributed by atoms with Crippen LogP contribution in [0.15, 0.2) is 24.3 Å². The Balaban J connectivity index is 2.81. The number of aliphatic hydroxyl groups excluding tert-OH is 1. The fourth-order valence-electron chi connectivity index (χ4n) is 2.29. The number of nitrogen functional groups attached to an aromatic ring is 1. The van der Waals surface area contributed by atoms with Crippen molar-refractivity contribution >= 4 is 35.5 Å². The molecule has 1 aromatic carbocycles. The van der Waals surface area contributed by atoms with E-state index in [2.05, 4.69) is 10.6 Å². The van der Waals surface area contributed by atoms with E-state index < -0.39 is 60.8 Å². The van der Waals surface area contributed by atoms with Crippen LogP contribution in [0.3, 0.4) is 0 Å². The summed E-state index contributed by atoms with van der Waals surface area (Å²) in [5.41, 5.74) is 5.89. The second-order valence-electron chi connectivity index (χ2n) is 6.43. The average Bonchev–Trinajstić information content (AvgIpc) is 2.70. The van der Waals surface area contributed by atoms with Gasteiger partial charge in [0.25, 0.3) is 5.91 Å². The third-order valence-electron chi connectivity index (χ3n) is 4.01. The first-order valence-electron chi connectivity index (χ1n) is 8.87. The smallest absolute Gasteiger partial charge is 0.328 e. The highest BCUT2D eigenvalue weighted by Gasteiger charge is 2.29. The summed E-state index contributed by atoms with van der Waals surface area (Å²) < 4.78 is 0. The number of aliphatic carboxylic acids is 2. The van der Waals surface area contributed by atoms with Gasteiger partial charge in [-0.1, -0.05) is 12.1 Å². The number of rotatable bonds is 11. The number of nitrogens with one attached hydrogen (secondary N) is 4. The van der Waals surface area contributed by atoms with E-state index in [9.17, 15) is 24.0 Å². The minimum atomic E-state index is -1.68.